The van der Waals surface area contributed by atoms with Gasteiger partial charge in [0.1, 0.15) is 12.1 Å². The van der Waals surface area contributed by atoms with Crippen LogP contribution in [0.25, 0.3) is 11.2 Å². The van der Waals surface area contributed by atoms with Gasteiger partial charge in [0.25, 0.3) is 6.43 Å². The number of ether oxygens (including phenoxy) is 1. The molecular formula is C10H12F2N4O. The minimum Gasteiger partial charge on any atom is -0.374 e. The van der Waals surface area contributed by atoms with Crippen LogP contribution in [0.5, 0.6) is 0 Å². The van der Waals surface area contributed by atoms with Crippen LogP contribution < -0.4 is 5.73 Å². The number of anilines is 1. The standard InChI is InChI=1S/C10H12F2N4O/c11-8(12)6-17-5-4-16-9-7(15-10(16)13)2-1-3-14-9/h1-3,8H,4-6H2,(H2,13,15). The van der Waals surface area contributed by atoms with Gasteiger partial charge in [-0.2, -0.15) is 0 Å². The van der Waals surface area contributed by atoms with Crippen molar-refractivity contribution in [2.45, 2.75) is 13.0 Å². The number of rotatable bonds is 5. The summed E-state index contributed by atoms with van der Waals surface area (Å²) in [5.41, 5.74) is 7.01. The fraction of sp³-hybridized carbons (Fsp3) is 0.400. The number of aromatic nitrogens is 3. The first-order valence-electron chi connectivity index (χ1n) is 5.11. The van der Waals surface area contributed by atoms with E-state index in [1.807, 2.05) is 0 Å². The Bertz CT molecular complexity index is 500. The molecule has 0 spiro atoms. The second-order valence-corrected chi connectivity index (χ2v) is 3.43. The highest BCUT2D eigenvalue weighted by atomic mass is 19.3. The van der Waals surface area contributed by atoms with Crippen molar-refractivity contribution in [2.24, 2.45) is 0 Å². The molecule has 17 heavy (non-hydrogen) atoms. The van der Waals surface area contributed by atoms with E-state index in [0.29, 0.717) is 23.7 Å². The Morgan fingerprint density at radius 3 is 3.06 bits per heavy atom. The van der Waals surface area contributed by atoms with Crippen LogP contribution in [0.1, 0.15) is 0 Å². The topological polar surface area (TPSA) is 66.0 Å². The molecule has 2 heterocycles. The Morgan fingerprint density at radius 1 is 1.47 bits per heavy atom. The number of nitrogens with zero attached hydrogens (tertiary/aromatic N) is 3. The molecule has 0 unspecified atom stereocenters. The number of nitrogen functional groups attached to an aromatic ring is 1. The first-order chi connectivity index (χ1) is 8.18. The number of fused-ring (bicyclic) bond motifs is 1. The van der Waals surface area contributed by atoms with Crippen LogP contribution in [-0.2, 0) is 11.3 Å². The molecule has 2 rings (SSSR count). The Balaban J connectivity index is 2.05. The molecule has 0 atom stereocenters. The van der Waals surface area contributed by atoms with Gasteiger partial charge in [-0.25, -0.2) is 18.7 Å². The van der Waals surface area contributed by atoms with Crippen LogP contribution >= 0.6 is 0 Å². The molecule has 0 aliphatic heterocycles. The summed E-state index contributed by atoms with van der Waals surface area (Å²) in [7, 11) is 0. The average Bonchev–Trinajstić information content (AvgIpc) is 2.60. The highest BCUT2D eigenvalue weighted by molar-refractivity contribution is 5.73. The molecule has 0 radical (unpaired) electrons. The van der Waals surface area contributed by atoms with Crippen LogP contribution in [0.4, 0.5) is 14.7 Å². The van der Waals surface area contributed by atoms with E-state index < -0.39 is 13.0 Å². The van der Waals surface area contributed by atoms with Crippen molar-refractivity contribution in [3.05, 3.63) is 18.3 Å². The number of alkyl halides is 2. The van der Waals surface area contributed by atoms with Gasteiger partial charge in [-0.05, 0) is 12.1 Å². The number of imidazole rings is 1. The van der Waals surface area contributed by atoms with Crippen LogP contribution in [0.15, 0.2) is 18.3 Å². The SMILES string of the molecule is Nc1nc2cccnc2n1CCOCC(F)F. The third-order valence-electron chi connectivity index (χ3n) is 2.24. The van der Waals surface area contributed by atoms with Gasteiger partial charge >= 0.3 is 0 Å². The zero-order chi connectivity index (χ0) is 12.3. The van der Waals surface area contributed by atoms with Crippen molar-refractivity contribution in [3.63, 3.8) is 0 Å². The lowest BCUT2D eigenvalue weighted by atomic mass is 10.4. The van der Waals surface area contributed by atoms with Crippen LogP contribution in [-0.4, -0.2) is 34.2 Å². The molecular weight excluding hydrogens is 230 g/mol. The second kappa shape index (κ2) is 5.05. The molecule has 2 aromatic heterocycles. The maximum Gasteiger partial charge on any atom is 0.261 e. The maximum atomic E-state index is 11.9. The van der Waals surface area contributed by atoms with E-state index >= 15 is 0 Å². The van der Waals surface area contributed by atoms with E-state index in [1.165, 1.54) is 0 Å². The Hall–Kier alpha value is -1.76. The number of halogens is 2. The summed E-state index contributed by atoms with van der Waals surface area (Å²) >= 11 is 0. The van der Waals surface area contributed by atoms with Crippen molar-refractivity contribution < 1.29 is 13.5 Å². The predicted molar refractivity (Wildman–Crippen MR) is 58.8 cm³/mol. The summed E-state index contributed by atoms with van der Waals surface area (Å²) in [6.07, 6.45) is -0.829. The first-order valence-corrected chi connectivity index (χ1v) is 5.11. The van der Waals surface area contributed by atoms with E-state index in [1.54, 1.807) is 22.9 Å². The van der Waals surface area contributed by atoms with E-state index in [2.05, 4.69) is 9.97 Å². The smallest absolute Gasteiger partial charge is 0.261 e. The van der Waals surface area contributed by atoms with Gasteiger partial charge in [0, 0.05) is 6.20 Å². The lowest BCUT2D eigenvalue weighted by Crippen LogP contribution is -2.12. The summed E-state index contributed by atoms with van der Waals surface area (Å²) in [4.78, 5) is 8.23. The van der Waals surface area contributed by atoms with Crippen LogP contribution in [0.3, 0.4) is 0 Å². The van der Waals surface area contributed by atoms with Crippen molar-refractivity contribution in [3.8, 4) is 0 Å². The van der Waals surface area contributed by atoms with Crippen molar-refractivity contribution >= 4 is 17.1 Å². The summed E-state index contributed by atoms with van der Waals surface area (Å²) in [6, 6.07) is 3.54. The number of hydrogen-bond donors (Lipinski definition) is 1. The van der Waals surface area contributed by atoms with Crippen LogP contribution in [0.2, 0.25) is 0 Å². The lowest BCUT2D eigenvalue weighted by Gasteiger charge is -2.06. The summed E-state index contributed by atoms with van der Waals surface area (Å²) < 4.78 is 30.1. The van der Waals surface area contributed by atoms with E-state index in [0.717, 1.165) is 0 Å². The average molecular weight is 242 g/mol. The first kappa shape index (κ1) is 11.7. The van der Waals surface area contributed by atoms with E-state index in [-0.39, 0.29) is 6.61 Å². The molecule has 0 saturated carbocycles. The van der Waals surface area contributed by atoms with Gasteiger partial charge in [0.15, 0.2) is 5.65 Å². The fourth-order valence-corrected chi connectivity index (χ4v) is 1.52. The zero-order valence-electron chi connectivity index (χ0n) is 9.01. The maximum absolute atomic E-state index is 11.9. The second-order valence-electron chi connectivity index (χ2n) is 3.43. The molecule has 0 bridgehead atoms. The summed E-state index contributed by atoms with van der Waals surface area (Å²) in [6.45, 7) is -0.0669. The highest BCUT2D eigenvalue weighted by Gasteiger charge is 2.08. The van der Waals surface area contributed by atoms with Gasteiger partial charge in [-0.15, -0.1) is 0 Å². The quantitative estimate of drug-likeness (QED) is 0.802. The van der Waals surface area contributed by atoms with Gasteiger partial charge in [0.2, 0.25) is 5.95 Å². The Labute approximate surface area is 96.2 Å². The van der Waals surface area contributed by atoms with Gasteiger partial charge < -0.3 is 10.5 Å². The minimum atomic E-state index is -2.45. The molecule has 0 fully saturated rings. The molecule has 2 N–H and O–H groups in total. The van der Waals surface area contributed by atoms with E-state index in [4.69, 9.17) is 10.5 Å². The molecule has 0 aromatic carbocycles. The normalized spacial score (nSPS) is 11.5. The summed E-state index contributed by atoms with van der Waals surface area (Å²) in [5.74, 6) is 0.305. The fourth-order valence-electron chi connectivity index (χ4n) is 1.52. The molecule has 0 saturated heterocycles. The summed E-state index contributed by atoms with van der Waals surface area (Å²) in [5, 5.41) is 0. The molecule has 5 nitrogen and oxygen atoms in total. The van der Waals surface area contributed by atoms with Crippen molar-refractivity contribution in [1.82, 2.24) is 14.5 Å². The molecule has 2 aromatic rings. The van der Waals surface area contributed by atoms with Gasteiger partial charge in [-0.1, -0.05) is 0 Å². The third kappa shape index (κ3) is 2.68. The Kier molecular flexibility index (Phi) is 3.48. The van der Waals surface area contributed by atoms with Gasteiger partial charge in [0.05, 0.1) is 13.2 Å². The highest BCUT2D eigenvalue weighted by Crippen LogP contribution is 2.14. The van der Waals surface area contributed by atoms with Crippen molar-refractivity contribution in [1.29, 1.82) is 0 Å². The number of hydrogen-bond acceptors (Lipinski definition) is 4. The largest absolute Gasteiger partial charge is 0.374 e. The molecule has 7 heteroatoms. The molecule has 0 amide bonds. The molecule has 0 aliphatic rings. The molecule has 92 valence electrons. The minimum absolute atomic E-state index is 0.149. The monoisotopic (exact) mass is 242 g/mol. The van der Waals surface area contributed by atoms with Crippen LogP contribution in [0, 0.1) is 0 Å². The lowest BCUT2D eigenvalue weighted by molar-refractivity contribution is 0.0151. The number of nitrogens with two attached hydrogens (primary N) is 1. The third-order valence-corrected chi connectivity index (χ3v) is 2.24. The Morgan fingerprint density at radius 2 is 2.29 bits per heavy atom. The number of pyridine rings is 1. The van der Waals surface area contributed by atoms with Crippen molar-refractivity contribution in [2.75, 3.05) is 18.9 Å². The van der Waals surface area contributed by atoms with E-state index in [9.17, 15) is 8.78 Å². The zero-order valence-corrected chi connectivity index (χ0v) is 9.01. The van der Waals surface area contributed by atoms with Gasteiger partial charge in [-0.3, -0.25) is 4.57 Å². The molecule has 0 aliphatic carbocycles. The predicted octanol–water partition coefficient (Wildman–Crippen LogP) is 1.30.